The summed E-state index contributed by atoms with van der Waals surface area (Å²) in [4.78, 5) is 6.83. The van der Waals surface area contributed by atoms with Crippen molar-refractivity contribution in [2.75, 3.05) is 14.7 Å². The van der Waals surface area contributed by atoms with Crippen molar-refractivity contribution in [2.45, 2.75) is 156 Å². The molecule has 0 bridgehead atoms. The Labute approximate surface area is 450 Å². The maximum absolute atomic E-state index is 16.8. The molecule has 75 heavy (non-hydrogen) atoms. The van der Waals surface area contributed by atoms with Crippen LogP contribution in [-0.2, 0) is 32.5 Å². The Balaban J connectivity index is 1.36. The van der Waals surface area contributed by atoms with Gasteiger partial charge in [0.25, 0.3) is 6.71 Å². The summed E-state index contributed by atoms with van der Waals surface area (Å²) in [6, 6.07) is 46.6. The zero-order valence-corrected chi connectivity index (χ0v) is 48.0. The average molecular weight is 1010 g/mol. The molecule has 0 saturated heterocycles. The third-order valence-electron chi connectivity index (χ3n) is 16.8. The monoisotopic (exact) mass is 1010 g/mol. The van der Waals surface area contributed by atoms with Crippen molar-refractivity contribution in [3.8, 4) is 0 Å². The number of nitrogens with zero attached hydrogens (tertiary/aromatic N) is 3. The van der Waals surface area contributed by atoms with E-state index in [-0.39, 0.29) is 50.6 Å². The molecule has 384 valence electrons. The van der Waals surface area contributed by atoms with E-state index in [9.17, 15) is 0 Å². The van der Waals surface area contributed by atoms with Crippen molar-refractivity contribution >= 4 is 95.0 Å². The second kappa shape index (κ2) is 17.2. The molecular formula is C68H74BF2N3S. The Morgan fingerprint density at radius 1 is 0.493 bits per heavy atom. The molecule has 0 spiro atoms. The van der Waals surface area contributed by atoms with Gasteiger partial charge in [-0.2, -0.15) is 0 Å². The summed E-state index contributed by atoms with van der Waals surface area (Å²) in [6.45, 7) is 37.0. The first-order valence-electron chi connectivity index (χ1n) is 27.1. The molecule has 3 aliphatic rings. The van der Waals surface area contributed by atoms with Crippen LogP contribution in [0.1, 0.15) is 157 Å². The fraction of sp³-hybridized carbons (Fsp3) is 0.353. The number of fused-ring (bicyclic) bond motifs is 7. The predicted molar refractivity (Wildman–Crippen MR) is 321 cm³/mol. The van der Waals surface area contributed by atoms with Crippen LogP contribution in [0, 0.1) is 11.6 Å². The van der Waals surface area contributed by atoms with E-state index in [0.29, 0.717) is 5.69 Å². The summed E-state index contributed by atoms with van der Waals surface area (Å²) < 4.78 is 36.2. The van der Waals surface area contributed by atoms with Gasteiger partial charge in [-0.15, -0.1) is 11.3 Å². The van der Waals surface area contributed by atoms with Crippen LogP contribution >= 0.6 is 11.3 Å². The van der Waals surface area contributed by atoms with Gasteiger partial charge in [0, 0.05) is 43.3 Å². The number of halogens is 2. The van der Waals surface area contributed by atoms with E-state index < -0.39 is 11.6 Å². The zero-order chi connectivity index (χ0) is 53.7. The van der Waals surface area contributed by atoms with Crippen molar-refractivity contribution in [3.05, 3.63) is 178 Å². The molecule has 0 saturated carbocycles. The number of thiophene rings is 1. The Kier molecular flexibility index (Phi) is 11.7. The van der Waals surface area contributed by atoms with Crippen molar-refractivity contribution in [1.82, 2.24) is 0 Å². The molecule has 0 N–H and O–H groups in total. The van der Waals surface area contributed by atoms with E-state index in [1.54, 1.807) is 29.2 Å². The summed E-state index contributed by atoms with van der Waals surface area (Å²) in [5, 5.41) is 1.20. The Morgan fingerprint density at radius 2 is 0.987 bits per heavy atom. The fourth-order valence-electron chi connectivity index (χ4n) is 12.1. The van der Waals surface area contributed by atoms with Crippen LogP contribution in [0.3, 0.4) is 0 Å². The van der Waals surface area contributed by atoms with E-state index >= 15 is 8.78 Å². The van der Waals surface area contributed by atoms with E-state index in [0.717, 1.165) is 47.0 Å². The molecule has 3 heterocycles. The third-order valence-corrected chi connectivity index (χ3v) is 18.1. The van der Waals surface area contributed by atoms with E-state index in [1.165, 1.54) is 71.3 Å². The minimum atomic E-state index is -0.438. The highest BCUT2D eigenvalue weighted by Crippen LogP contribution is 2.54. The number of hydrogen-bond donors (Lipinski definition) is 0. The lowest BCUT2D eigenvalue weighted by Gasteiger charge is -2.47. The molecule has 0 unspecified atom stereocenters. The molecule has 7 heteroatoms. The lowest BCUT2D eigenvalue weighted by molar-refractivity contribution is 0.332. The number of anilines is 9. The zero-order valence-electron chi connectivity index (χ0n) is 47.2. The minimum absolute atomic E-state index is 0.0522. The van der Waals surface area contributed by atoms with E-state index in [2.05, 4.69) is 206 Å². The second-order valence-electron chi connectivity index (χ2n) is 27.3. The van der Waals surface area contributed by atoms with Gasteiger partial charge in [0.2, 0.25) is 0 Å². The van der Waals surface area contributed by atoms with Crippen LogP contribution in [0.4, 0.5) is 60.0 Å². The van der Waals surface area contributed by atoms with Crippen LogP contribution in [0.15, 0.2) is 133 Å². The average Bonchev–Trinajstić information content (AvgIpc) is 3.77. The first-order valence-corrected chi connectivity index (χ1v) is 27.9. The first kappa shape index (κ1) is 51.0. The largest absolute Gasteiger partial charge is 0.311 e. The number of hydrogen-bond acceptors (Lipinski definition) is 4. The van der Waals surface area contributed by atoms with Gasteiger partial charge >= 0.3 is 0 Å². The maximum Gasteiger partial charge on any atom is 0.264 e. The molecule has 0 fully saturated rings. The SMILES string of the molecule is CC(C)(C)c1ccc(N2c3cc(N(c4ccccc4F)c4ccccc4F)cc4c3B(c3cc5c(cc3N4c3cc(C(C)(C)C)cc(C(C)(C)C)c3)C(C)(C)CCC5(C)C)c3sc4ccc(C(C)(C)C)cc4c32)cc1. The van der Waals surface area contributed by atoms with Gasteiger partial charge in [0.05, 0.1) is 22.7 Å². The number of benzene rings is 7. The van der Waals surface area contributed by atoms with Crippen molar-refractivity contribution in [2.24, 2.45) is 0 Å². The quantitative estimate of drug-likeness (QED) is 0.159. The topological polar surface area (TPSA) is 9.72 Å². The summed E-state index contributed by atoms with van der Waals surface area (Å²) in [5.41, 5.74) is 17.2. The highest BCUT2D eigenvalue weighted by atomic mass is 32.1. The van der Waals surface area contributed by atoms with E-state index in [4.69, 9.17) is 0 Å². The number of rotatable bonds is 5. The van der Waals surface area contributed by atoms with Crippen LogP contribution < -0.4 is 30.4 Å². The Bertz CT molecular complexity index is 3510. The summed E-state index contributed by atoms with van der Waals surface area (Å²) in [5.74, 6) is -0.876. The first-order chi connectivity index (χ1) is 35.0. The van der Waals surface area contributed by atoms with Gasteiger partial charge in [-0.25, -0.2) is 8.78 Å². The van der Waals surface area contributed by atoms with Crippen molar-refractivity contribution < 1.29 is 8.78 Å². The van der Waals surface area contributed by atoms with Gasteiger partial charge in [-0.05, 0) is 169 Å². The maximum atomic E-state index is 16.8. The van der Waals surface area contributed by atoms with Crippen LogP contribution in [0.2, 0.25) is 0 Å². The third kappa shape index (κ3) is 8.51. The molecule has 8 aromatic rings. The standard InChI is InChI=1S/C68H74BF2N3S/c1-63(2,3)41-25-28-45(29-26-41)74-58-38-47(72(54-23-19-17-21-52(54)70)55-24-20-18-22-53(55)71)37-57-60(58)69(62-61(74)48-36-42(64(4,5)6)27-30-59(48)75-62)51-39-49-50(68(15,16)32-31-67(49,13)14)40-56(51)73(57)46-34-43(65(7,8)9)33-44(35-46)66(10,11)12/h17-30,33-40H,31-32H2,1-16H3. The van der Waals surface area contributed by atoms with Gasteiger partial charge in [-0.3, -0.25) is 0 Å². The predicted octanol–water partition coefficient (Wildman–Crippen LogP) is 18.3. The normalized spacial score (nSPS) is 15.9. The molecular weight excluding hydrogens is 940 g/mol. The molecule has 7 aromatic carbocycles. The van der Waals surface area contributed by atoms with Gasteiger partial charge in [0.1, 0.15) is 11.6 Å². The summed E-state index contributed by atoms with van der Waals surface area (Å²) >= 11 is 1.91. The molecule has 11 rings (SSSR count). The second-order valence-corrected chi connectivity index (χ2v) is 28.4. The molecule has 1 aromatic heterocycles. The minimum Gasteiger partial charge on any atom is -0.311 e. The highest BCUT2D eigenvalue weighted by Gasteiger charge is 2.49. The number of para-hydroxylation sites is 2. The highest BCUT2D eigenvalue weighted by molar-refractivity contribution is 7.33. The molecule has 3 nitrogen and oxygen atoms in total. The van der Waals surface area contributed by atoms with Crippen molar-refractivity contribution in [3.63, 3.8) is 0 Å². The lowest BCUT2D eigenvalue weighted by Crippen LogP contribution is -2.61. The molecule has 2 aliphatic heterocycles. The molecule has 0 radical (unpaired) electrons. The van der Waals surface area contributed by atoms with E-state index in [1.807, 2.05) is 23.5 Å². The van der Waals surface area contributed by atoms with Crippen molar-refractivity contribution in [1.29, 1.82) is 0 Å². The molecule has 1 aliphatic carbocycles. The van der Waals surface area contributed by atoms with Gasteiger partial charge in [-0.1, -0.05) is 165 Å². The summed E-state index contributed by atoms with van der Waals surface area (Å²) in [7, 11) is 0. The molecule has 0 atom stereocenters. The smallest absolute Gasteiger partial charge is 0.264 e. The Hall–Kier alpha value is -6.18. The van der Waals surface area contributed by atoms with Gasteiger partial charge < -0.3 is 14.7 Å². The lowest BCUT2D eigenvalue weighted by atomic mass is 9.35. The van der Waals surface area contributed by atoms with Crippen LogP contribution in [-0.4, -0.2) is 6.71 Å². The molecule has 0 amide bonds. The fourth-order valence-corrected chi connectivity index (χ4v) is 13.4. The summed E-state index contributed by atoms with van der Waals surface area (Å²) in [6.07, 6.45) is 2.17. The van der Waals surface area contributed by atoms with Gasteiger partial charge in [0.15, 0.2) is 0 Å². The Morgan fingerprint density at radius 3 is 1.51 bits per heavy atom. The van der Waals surface area contributed by atoms with Crippen LogP contribution in [0.25, 0.3) is 10.1 Å². The van der Waals surface area contributed by atoms with Crippen LogP contribution in [0.5, 0.6) is 0 Å².